The lowest BCUT2D eigenvalue weighted by Crippen LogP contribution is -2.74. The largest absolute Gasteiger partial charge is 0.493 e. The third-order valence-electron chi connectivity index (χ3n) is 5.13. The fourth-order valence-electron chi connectivity index (χ4n) is 3.81. The number of fused-ring (bicyclic) bond motifs is 1. The van der Waals surface area contributed by atoms with Gasteiger partial charge in [-0.05, 0) is 12.1 Å². The number of aromatic nitrogens is 1. The summed E-state index contributed by atoms with van der Waals surface area (Å²) in [6, 6.07) is 5.75. The van der Waals surface area contributed by atoms with Crippen molar-refractivity contribution in [1.82, 2.24) is 14.1 Å². The molecule has 0 unspecified atom stereocenters. The monoisotopic (exact) mass is 379 g/mol. The van der Waals surface area contributed by atoms with Gasteiger partial charge in [-0.3, -0.25) is 10.8 Å². The minimum Gasteiger partial charge on any atom is -0.493 e. The van der Waals surface area contributed by atoms with Gasteiger partial charge in [0.05, 0.1) is 19.7 Å². The van der Waals surface area contributed by atoms with Crippen LogP contribution in [0.25, 0.3) is 10.9 Å². The van der Waals surface area contributed by atoms with Gasteiger partial charge in [0.15, 0.2) is 11.5 Å². The number of rotatable bonds is 5. The van der Waals surface area contributed by atoms with Crippen LogP contribution in [0.3, 0.4) is 0 Å². The number of benzene rings is 1. The van der Waals surface area contributed by atoms with Crippen LogP contribution in [0.15, 0.2) is 24.4 Å². The second-order valence-electron chi connectivity index (χ2n) is 6.80. The van der Waals surface area contributed by atoms with Crippen molar-refractivity contribution in [1.29, 1.82) is 0 Å². The zero-order valence-electron chi connectivity index (χ0n) is 14.6. The van der Waals surface area contributed by atoms with E-state index in [4.69, 9.17) is 15.3 Å². The van der Waals surface area contributed by atoms with Gasteiger partial charge in [-0.25, -0.2) is 0 Å². The molecule has 3 N–H and O–H groups in total. The minimum atomic E-state index is -3.54. The van der Waals surface area contributed by atoms with Crippen molar-refractivity contribution in [2.75, 3.05) is 45.3 Å². The summed E-state index contributed by atoms with van der Waals surface area (Å²) in [5.41, 5.74) is 1.88. The van der Waals surface area contributed by atoms with Gasteiger partial charge in [-0.15, -0.1) is 4.83 Å². The molecule has 26 heavy (non-hydrogen) atoms. The standard InChI is InChI=1S/C16H21N5O4S/c1-24-14-5-11-12(6-15(14)25-2)18-4-3-13(11)20-7-16(8-20)9-21(10-16)26(22,23)19-17/h3-6,19H,7-10,17H2,1-2H3. The number of nitrogens with zero attached hydrogens (tertiary/aromatic N) is 3. The number of nitrogens with two attached hydrogens (primary N) is 1. The molecule has 140 valence electrons. The number of anilines is 1. The lowest BCUT2D eigenvalue weighted by Gasteiger charge is -2.60. The maximum Gasteiger partial charge on any atom is 0.292 e. The Morgan fingerprint density at radius 2 is 1.81 bits per heavy atom. The Labute approximate surface area is 151 Å². The van der Waals surface area contributed by atoms with Crippen molar-refractivity contribution in [2.24, 2.45) is 11.3 Å². The Morgan fingerprint density at radius 3 is 2.42 bits per heavy atom. The van der Waals surface area contributed by atoms with Gasteiger partial charge in [0, 0.05) is 54.9 Å². The second kappa shape index (κ2) is 5.95. The number of hydrogen-bond acceptors (Lipinski definition) is 7. The van der Waals surface area contributed by atoms with Crippen LogP contribution >= 0.6 is 0 Å². The van der Waals surface area contributed by atoms with E-state index >= 15 is 0 Å². The zero-order valence-corrected chi connectivity index (χ0v) is 15.4. The summed E-state index contributed by atoms with van der Waals surface area (Å²) in [5, 5.41) is 0.979. The molecule has 0 bridgehead atoms. The van der Waals surface area contributed by atoms with Crippen LogP contribution in [-0.4, -0.2) is 58.1 Å². The highest BCUT2D eigenvalue weighted by Crippen LogP contribution is 2.45. The summed E-state index contributed by atoms with van der Waals surface area (Å²) >= 11 is 0. The molecule has 2 aliphatic heterocycles. The Hall–Kier alpha value is -2.14. The van der Waals surface area contributed by atoms with Crippen molar-refractivity contribution in [3.8, 4) is 11.5 Å². The molecule has 0 amide bonds. The topological polar surface area (TPSA) is 110 Å². The van der Waals surface area contributed by atoms with E-state index in [2.05, 4.69) is 9.88 Å². The first-order valence-electron chi connectivity index (χ1n) is 8.14. The summed E-state index contributed by atoms with van der Waals surface area (Å²) in [4.78, 5) is 8.52. The maximum atomic E-state index is 11.7. The second-order valence-corrected chi connectivity index (χ2v) is 8.50. The average Bonchev–Trinajstić information content (AvgIpc) is 2.58. The van der Waals surface area contributed by atoms with E-state index in [0.29, 0.717) is 24.6 Å². The van der Waals surface area contributed by atoms with E-state index in [1.54, 1.807) is 20.4 Å². The molecule has 3 heterocycles. The van der Waals surface area contributed by atoms with Crippen molar-refractivity contribution < 1.29 is 17.9 Å². The number of methoxy groups -OCH3 is 2. The molecular weight excluding hydrogens is 358 g/mol. The van der Waals surface area contributed by atoms with Crippen LogP contribution in [-0.2, 0) is 10.2 Å². The van der Waals surface area contributed by atoms with Gasteiger partial charge in [0.25, 0.3) is 10.2 Å². The van der Waals surface area contributed by atoms with E-state index in [1.807, 2.05) is 23.0 Å². The SMILES string of the molecule is COc1cc2nccc(N3CC4(C3)CN(S(=O)(=O)NN)C4)c2cc1OC. The van der Waals surface area contributed by atoms with Crippen molar-refractivity contribution in [2.45, 2.75) is 0 Å². The number of hydrazine groups is 1. The van der Waals surface area contributed by atoms with E-state index in [1.165, 1.54) is 4.31 Å². The Morgan fingerprint density at radius 1 is 1.15 bits per heavy atom. The summed E-state index contributed by atoms with van der Waals surface area (Å²) < 4.78 is 35.5. The van der Waals surface area contributed by atoms with E-state index < -0.39 is 10.2 Å². The van der Waals surface area contributed by atoms with Gasteiger partial charge >= 0.3 is 0 Å². The predicted octanol–water partition coefficient (Wildman–Crippen LogP) is 0.0821. The molecule has 2 fully saturated rings. The predicted molar refractivity (Wildman–Crippen MR) is 97.3 cm³/mol. The minimum absolute atomic E-state index is 0.00390. The van der Waals surface area contributed by atoms with Gasteiger partial charge in [-0.1, -0.05) is 0 Å². The molecule has 2 aliphatic rings. The van der Waals surface area contributed by atoms with Gasteiger partial charge in [0.1, 0.15) is 0 Å². The van der Waals surface area contributed by atoms with Crippen molar-refractivity contribution >= 4 is 26.8 Å². The van der Waals surface area contributed by atoms with Crippen LogP contribution in [0.2, 0.25) is 0 Å². The molecule has 1 aromatic heterocycles. The fourth-order valence-corrected chi connectivity index (χ4v) is 4.85. The van der Waals surface area contributed by atoms with Gasteiger partial charge in [0.2, 0.25) is 0 Å². The third kappa shape index (κ3) is 2.57. The summed E-state index contributed by atoms with van der Waals surface area (Å²) in [6.07, 6.45) is 1.77. The molecule has 0 saturated carbocycles. The van der Waals surface area contributed by atoms with E-state index in [0.717, 1.165) is 29.7 Å². The van der Waals surface area contributed by atoms with E-state index in [9.17, 15) is 8.42 Å². The van der Waals surface area contributed by atoms with Gasteiger partial charge in [-0.2, -0.15) is 12.7 Å². The van der Waals surface area contributed by atoms with Crippen LogP contribution in [0.4, 0.5) is 5.69 Å². The van der Waals surface area contributed by atoms with Crippen LogP contribution in [0, 0.1) is 5.41 Å². The highest BCUT2D eigenvalue weighted by atomic mass is 32.2. The maximum absolute atomic E-state index is 11.7. The normalized spacial score (nSPS) is 19.3. The molecule has 4 rings (SSSR count). The smallest absolute Gasteiger partial charge is 0.292 e. The molecule has 1 spiro atoms. The first kappa shape index (κ1) is 17.3. The van der Waals surface area contributed by atoms with Crippen LogP contribution < -0.4 is 25.0 Å². The molecule has 10 heteroatoms. The third-order valence-corrected chi connectivity index (χ3v) is 6.37. The first-order valence-corrected chi connectivity index (χ1v) is 9.58. The van der Waals surface area contributed by atoms with Crippen LogP contribution in [0.1, 0.15) is 0 Å². The number of pyridine rings is 1. The van der Waals surface area contributed by atoms with E-state index in [-0.39, 0.29) is 5.41 Å². The summed E-state index contributed by atoms with van der Waals surface area (Å²) in [5.74, 6) is 6.37. The average molecular weight is 379 g/mol. The molecule has 2 aromatic rings. The highest BCUT2D eigenvalue weighted by Gasteiger charge is 2.55. The lowest BCUT2D eigenvalue weighted by atomic mass is 9.74. The van der Waals surface area contributed by atoms with Crippen molar-refractivity contribution in [3.63, 3.8) is 0 Å². The lowest BCUT2D eigenvalue weighted by molar-refractivity contribution is 0.0387. The molecule has 9 nitrogen and oxygen atoms in total. The molecule has 0 atom stereocenters. The molecule has 0 radical (unpaired) electrons. The quantitative estimate of drug-likeness (QED) is 0.559. The Kier molecular flexibility index (Phi) is 3.95. The molecule has 1 aromatic carbocycles. The number of ether oxygens (including phenoxy) is 2. The highest BCUT2D eigenvalue weighted by molar-refractivity contribution is 7.87. The number of hydrogen-bond donors (Lipinski definition) is 2. The van der Waals surface area contributed by atoms with Crippen molar-refractivity contribution in [3.05, 3.63) is 24.4 Å². The summed E-state index contributed by atoms with van der Waals surface area (Å²) in [7, 11) is -0.339. The number of nitrogens with one attached hydrogen (secondary N) is 1. The van der Waals surface area contributed by atoms with Crippen LogP contribution in [0.5, 0.6) is 11.5 Å². The first-order chi connectivity index (χ1) is 12.4. The van der Waals surface area contributed by atoms with Gasteiger partial charge < -0.3 is 14.4 Å². The Balaban J connectivity index is 1.56. The zero-order chi connectivity index (χ0) is 18.5. The molecular formula is C16H21N5O4S. The molecule has 0 aliphatic carbocycles. The molecule has 2 saturated heterocycles. The Bertz CT molecular complexity index is 951. The fraction of sp³-hybridized carbons (Fsp3) is 0.438. The summed E-state index contributed by atoms with van der Waals surface area (Å²) in [6.45, 7) is 2.54.